The molecule has 0 saturated heterocycles. The van der Waals surface area contributed by atoms with Gasteiger partial charge in [0.25, 0.3) is 0 Å². The monoisotopic (exact) mass is 227 g/mol. The number of methoxy groups -OCH3 is 1. The van der Waals surface area contributed by atoms with Gasteiger partial charge in [0.05, 0.1) is 23.9 Å². The van der Waals surface area contributed by atoms with Crippen molar-refractivity contribution in [3.05, 3.63) is 35.5 Å². The Hall–Kier alpha value is -1.90. The number of carbonyl (C=O) groups is 1. The first kappa shape index (κ1) is 10.3. The Morgan fingerprint density at radius 1 is 1.35 bits per heavy atom. The van der Waals surface area contributed by atoms with Gasteiger partial charge < -0.3 is 4.74 Å². The van der Waals surface area contributed by atoms with Crippen LogP contribution in [0.25, 0.3) is 10.9 Å². The van der Waals surface area contributed by atoms with Gasteiger partial charge in [0.2, 0.25) is 0 Å². The summed E-state index contributed by atoms with van der Waals surface area (Å²) in [6.45, 7) is 0. The van der Waals surface area contributed by atoms with Gasteiger partial charge in [0, 0.05) is 11.3 Å². The molecule has 0 atom stereocenters. The van der Waals surface area contributed by atoms with Gasteiger partial charge in [-0.2, -0.15) is 0 Å². The zero-order valence-electron chi connectivity index (χ0n) is 9.64. The number of nitrogens with zero attached hydrogens (tertiary/aromatic N) is 1. The van der Waals surface area contributed by atoms with Crippen molar-refractivity contribution in [3.8, 4) is 5.75 Å². The minimum Gasteiger partial charge on any atom is -0.494 e. The molecule has 0 radical (unpaired) electrons. The Bertz CT molecular complexity index is 588. The molecule has 3 heteroatoms. The molecule has 2 aromatic rings. The summed E-state index contributed by atoms with van der Waals surface area (Å²) in [5, 5.41) is 0.865. The lowest BCUT2D eigenvalue weighted by Crippen LogP contribution is -2.00. The molecule has 0 N–H and O–H groups in total. The summed E-state index contributed by atoms with van der Waals surface area (Å²) < 4.78 is 5.38. The molecule has 1 fully saturated rings. The van der Waals surface area contributed by atoms with Crippen molar-refractivity contribution in [2.45, 2.75) is 18.8 Å². The van der Waals surface area contributed by atoms with Crippen LogP contribution in [0.5, 0.6) is 5.75 Å². The maximum atomic E-state index is 11.3. The van der Waals surface area contributed by atoms with E-state index in [1.807, 2.05) is 24.3 Å². The summed E-state index contributed by atoms with van der Waals surface area (Å²) in [7, 11) is 1.60. The van der Waals surface area contributed by atoms with E-state index in [9.17, 15) is 4.79 Å². The number of pyridine rings is 1. The van der Waals surface area contributed by atoms with Gasteiger partial charge in [-0.3, -0.25) is 4.79 Å². The second-order valence-corrected chi connectivity index (χ2v) is 4.35. The maximum absolute atomic E-state index is 11.3. The van der Waals surface area contributed by atoms with Crippen molar-refractivity contribution in [2.24, 2.45) is 0 Å². The topological polar surface area (TPSA) is 39.2 Å². The Morgan fingerprint density at radius 2 is 2.12 bits per heavy atom. The quantitative estimate of drug-likeness (QED) is 0.757. The number of aldehydes is 1. The van der Waals surface area contributed by atoms with E-state index in [4.69, 9.17) is 4.74 Å². The second-order valence-electron chi connectivity index (χ2n) is 4.35. The average molecular weight is 227 g/mol. The number of rotatable bonds is 3. The zero-order valence-corrected chi connectivity index (χ0v) is 9.64. The molecule has 86 valence electrons. The van der Waals surface area contributed by atoms with Gasteiger partial charge in [-0.1, -0.05) is 18.2 Å². The van der Waals surface area contributed by atoms with Gasteiger partial charge in [-0.15, -0.1) is 0 Å². The van der Waals surface area contributed by atoms with Crippen molar-refractivity contribution >= 4 is 17.2 Å². The lowest BCUT2D eigenvalue weighted by Gasteiger charge is -2.11. The standard InChI is InChI=1S/C14H13NO2/c1-17-14-11(8-16)10-4-2-3-5-12(10)15-13(14)9-6-7-9/h2-5,8-9H,6-7H2,1H3. The van der Waals surface area contributed by atoms with E-state index in [0.717, 1.165) is 35.7 Å². The van der Waals surface area contributed by atoms with Crippen molar-refractivity contribution in [1.82, 2.24) is 4.98 Å². The van der Waals surface area contributed by atoms with Crippen LogP contribution in [0.15, 0.2) is 24.3 Å². The van der Waals surface area contributed by atoms with Crippen LogP contribution in [-0.4, -0.2) is 18.4 Å². The summed E-state index contributed by atoms with van der Waals surface area (Å²) >= 11 is 0. The van der Waals surface area contributed by atoms with E-state index in [2.05, 4.69) is 4.98 Å². The zero-order chi connectivity index (χ0) is 11.8. The lowest BCUT2D eigenvalue weighted by molar-refractivity contribution is 0.112. The Balaban J connectivity index is 2.37. The van der Waals surface area contributed by atoms with E-state index >= 15 is 0 Å². The molecular formula is C14H13NO2. The van der Waals surface area contributed by atoms with Gasteiger partial charge in [0.15, 0.2) is 12.0 Å². The predicted molar refractivity (Wildman–Crippen MR) is 65.7 cm³/mol. The Morgan fingerprint density at radius 3 is 2.76 bits per heavy atom. The summed E-state index contributed by atoms with van der Waals surface area (Å²) in [4.78, 5) is 15.9. The number of hydrogen-bond acceptors (Lipinski definition) is 3. The first-order chi connectivity index (χ1) is 8.35. The van der Waals surface area contributed by atoms with Crippen LogP contribution in [0, 0.1) is 0 Å². The third kappa shape index (κ3) is 1.58. The summed E-state index contributed by atoms with van der Waals surface area (Å²) in [5.74, 6) is 1.12. The summed E-state index contributed by atoms with van der Waals surface area (Å²) in [6, 6.07) is 7.69. The van der Waals surface area contributed by atoms with Crippen molar-refractivity contribution in [3.63, 3.8) is 0 Å². The number of ether oxygens (including phenoxy) is 1. The third-order valence-corrected chi connectivity index (χ3v) is 3.20. The van der Waals surface area contributed by atoms with E-state index in [1.54, 1.807) is 7.11 Å². The molecule has 0 aliphatic heterocycles. The Labute approximate surface area is 99.4 Å². The van der Waals surface area contributed by atoms with Crippen molar-refractivity contribution < 1.29 is 9.53 Å². The number of fused-ring (bicyclic) bond motifs is 1. The first-order valence-electron chi connectivity index (χ1n) is 5.77. The SMILES string of the molecule is COc1c(C2CC2)nc2ccccc2c1C=O. The fourth-order valence-corrected chi connectivity index (χ4v) is 2.20. The molecule has 3 rings (SSSR count). The summed E-state index contributed by atoms with van der Waals surface area (Å²) in [5.41, 5.74) is 2.44. The highest BCUT2D eigenvalue weighted by atomic mass is 16.5. The van der Waals surface area contributed by atoms with E-state index in [0.29, 0.717) is 17.2 Å². The molecular weight excluding hydrogens is 214 g/mol. The number of benzene rings is 1. The second kappa shape index (κ2) is 3.84. The highest BCUT2D eigenvalue weighted by Gasteiger charge is 2.30. The summed E-state index contributed by atoms with van der Waals surface area (Å²) in [6.07, 6.45) is 3.15. The maximum Gasteiger partial charge on any atom is 0.154 e. The smallest absolute Gasteiger partial charge is 0.154 e. The highest BCUT2D eigenvalue weighted by molar-refractivity contribution is 5.99. The number of aromatic nitrogens is 1. The molecule has 0 amide bonds. The van der Waals surface area contributed by atoms with Crippen molar-refractivity contribution in [1.29, 1.82) is 0 Å². The lowest BCUT2D eigenvalue weighted by atomic mass is 10.1. The average Bonchev–Trinajstić information content (AvgIpc) is 3.20. The van der Waals surface area contributed by atoms with Crippen LogP contribution >= 0.6 is 0 Å². The number of carbonyl (C=O) groups excluding carboxylic acids is 1. The fourth-order valence-electron chi connectivity index (χ4n) is 2.20. The van der Waals surface area contributed by atoms with Gasteiger partial charge in [-0.05, 0) is 18.9 Å². The molecule has 3 nitrogen and oxygen atoms in total. The van der Waals surface area contributed by atoms with Crippen LogP contribution < -0.4 is 4.74 Å². The largest absolute Gasteiger partial charge is 0.494 e. The van der Waals surface area contributed by atoms with Crippen LogP contribution in [0.4, 0.5) is 0 Å². The molecule has 1 aliphatic carbocycles. The fraction of sp³-hybridized carbons (Fsp3) is 0.286. The number of hydrogen-bond donors (Lipinski definition) is 0. The molecule has 1 heterocycles. The molecule has 0 unspecified atom stereocenters. The minimum absolute atomic E-state index is 0.466. The van der Waals surface area contributed by atoms with Gasteiger partial charge >= 0.3 is 0 Å². The van der Waals surface area contributed by atoms with E-state index in [-0.39, 0.29) is 0 Å². The van der Waals surface area contributed by atoms with Crippen LogP contribution in [0.1, 0.15) is 34.8 Å². The molecule has 0 bridgehead atoms. The van der Waals surface area contributed by atoms with E-state index in [1.165, 1.54) is 0 Å². The highest BCUT2D eigenvalue weighted by Crippen LogP contribution is 2.45. The van der Waals surface area contributed by atoms with E-state index < -0.39 is 0 Å². The predicted octanol–water partition coefficient (Wildman–Crippen LogP) is 2.93. The normalized spacial score (nSPS) is 14.9. The molecule has 1 saturated carbocycles. The van der Waals surface area contributed by atoms with Crippen LogP contribution in [-0.2, 0) is 0 Å². The molecule has 1 aromatic heterocycles. The Kier molecular flexibility index (Phi) is 2.32. The minimum atomic E-state index is 0.466. The van der Waals surface area contributed by atoms with Gasteiger partial charge in [-0.25, -0.2) is 4.98 Å². The molecule has 17 heavy (non-hydrogen) atoms. The molecule has 0 spiro atoms. The molecule has 1 aliphatic rings. The number of para-hydroxylation sites is 1. The van der Waals surface area contributed by atoms with Crippen molar-refractivity contribution in [2.75, 3.05) is 7.11 Å². The van der Waals surface area contributed by atoms with Gasteiger partial charge in [0.1, 0.15) is 0 Å². The van der Waals surface area contributed by atoms with Crippen LogP contribution in [0.3, 0.4) is 0 Å². The first-order valence-corrected chi connectivity index (χ1v) is 5.77. The van der Waals surface area contributed by atoms with Crippen LogP contribution in [0.2, 0.25) is 0 Å². The molecule has 1 aromatic carbocycles. The third-order valence-electron chi connectivity index (χ3n) is 3.20.